The van der Waals surface area contributed by atoms with Crippen LogP contribution in [0.4, 0.5) is 5.69 Å². The van der Waals surface area contributed by atoms with Gasteiger partial charge in [0.15, 0.2) is 0 Å². The molecule has 1 heteroatoms. The summed E-state index contributed by atoms with van der Waals surface area (Å²) in [5, 5.41) is 0. The van der Waals surface area contributed by atoms with Crippen molar-refractivity contribution >= 4 is 5.69 Å². The second-order valence-electron chi connectivity index (χ2n) is 6.81. The Labute approximate surface area is 136 Å². The molecule has 0 amide bonds. The molecule has 5 rings (SSSR count). The second kappa shape index (κ2) is 4.73. The van der Waals surface area contributed by atoms with Gasteiger partial charge in [0, 0.05) is 5.69 Å². The molecule has 2 aliphatic carbocycles. The molecule has 0 unspecified atom stereocenters. The van der Waals surface area contributed by atoms with Crippen LogP contribution in [0.5, 0.6) is 0 Å². The monoisotopic (exact) mass is 297 g/mol. The van der Waals surface area contributed by atoms with E-state index in [1.54, 1.807) is 0 Å². The molecular weight excluding hydrogens is 278 g/mol. The van der Waals surface area contributed by atoms with E-state index in [4.69, 9.17) is 5.73 Å². The van der Waals surface area contributed by atoms with Crippen molar-refractivity contribution in [3.8, 4) is 22.3 Å². The number of aryl methyl sites for hydroxylation is 4. The van der Waals surface area contributed by atoms with Crippen molar-refractivity contribution in [2.45, 2.75) is 25.7 Å². The van der Waals surface area contributed by atoms with E-state index in [9.17, 15) is 0 Å². The molecule has 112 valence electrons. The van der Waals surface area contributed by atoms with Crippen LogP contribution in [-0.2, 0) is 25.7 Å². The SMILES string of the molecule is Nc1cc(-c2ccc3c(c2)CC3)cc(-c2ccc3c(c2)CC3)c1. The first kappa shape index (κ1) is 13.0. The Morgan fingerprint density at radius 2 is 0.957 bits per heavy atom. The van der Waals surface area contributed by atoms with Crippen molar-refractivity contribution in [1.82, 2.24) is 0 Å². The third-order valence-corrected chi connectivity index (χ3v) is 5.36. The van der Waals surface area contributed by atoms with Crippen LogP contribution in [0.25, 0.3) is 22.3 Å². The van der Waals surface area contributed by atoms with E-state index >= 15 is 0 Å². The molecule has 0 radical (unpaired) electrons. The largest absolute Gasteiger partial charge is 0.399 e. The van der Waals surface area contributed by atoms with Gasteiger partial charge in [-0.15, -0.1) is 0 Å². The number of hydrogen-bond donors (Lipinski definition) is 1. The summed E-state index contributed by atoms with van der Waals surface area (Å²) in [7, 11) is 0. The molecule has 2 aliphatic rings. The normalized spacial score (nSPS) is 14.4. The molecule has 23 heavy (non-hydrogen) atoms. The lowest BCUT2D eigenvalue weighted by Crippen LogP contribution is -2.07. The zero-order chi connectivity index (χ0) is 15.4. The third-order valence-electron chi connectivity index (χ3n) is 5.36. The van der Waals surface area contributed by atoms with Crippen LogP contribution >= 0.6 is 0 Å². The molecule has 0 bridgehead atoms. The van der Waals surface area contributed by atoms with Crippen molar-refractivity contribution in [3.63, 3.8) is 0 Å². The molecule has 0 saturated carbocycles. The fraction of sp³-hybridized carbons (Fsp3) is 0.182. The van der Waals surface area contributed by atoms with E-state index in [0.717, 1.165) is 5.69 Å². The van der Waals surface area contributed by atoms with Gasteiger partial charge in [-0.3, -0.25) is 0 Å². The summed E-state index contributed by atoms with van der Waals surface area (Å²) >= 11 is 0. The van der Waals surface area contributed by atoms with E-state index in [1.165, 1.54) is 70.2 Å². The van der Waals surface area contributed by atoms with Gasteiger partial charge in [0.2, 0.25) is 0 Å². The van der Waals surface area contributed by atoms with Crippen molar-refractivity contribution < 1.29 is 0 Å². The van der Waals surface area contributed by atoms with Gasteiger partial charge in [0.1, 0.15) is 0 Å². The molecule has 3 aromatic carbocycles. The average Bonchev–Trinajstić information content (AvgIpc) is 2.49. The van der Waals surface area contributed by atoms with Crippen molar-refractivity contribution in [2.75, 3.05) is 5.73 Å². The minimum atomic E-state index is 0.836. The zero-order valence-corrected chi connectivity index (χ0v) is 13.1. The zero-order valence-electron chi connectivity index (χ0n) is 13.1. The highest BCUT2D eigenvalue weighted by molar-refractivity contribution is 5.78. The van der Waals surface area contributed by atoms with Crippen LogP contribution in [0.15, 0.2) is 54.6 Å². The third kappa shape index (κ3) is 2.08. The van der Waals surface area contributed by atoms with Crippen molar-refractivity contribution in [1.29, 1.82) is 0 Å². The predicted octanol–water partition coefficient (Wildman–Crippen LogP) is 4.80. The number of anilines is 1. The van der Waals surface area contributed by atoms with Gasteiger partial charge in [-0.1, -0.05) is 36.4 Å². The lowest BCUT2D eigenvalue weighted by atomic mass is 9.84. The molecule has 0 atom stereocenters. The standard InChI is InChI=1S/C22H19N/c23-22-12-20(18-7-3-14-1-5-16(14)9-18)11-21(13-22)19-8-4-15-2-6-17(15)10-19/h3-4,7-13H,1-2,5-6,23H2. The van der Waals surface area contributed by atoms with E-state index in [2.05, 4.69) is 54.6 Å². The summed E-state index contributed by atoms with van der Waals surface area (Å²) in [6.07, 6.45) is 4.88. The maximum Gasteiger partial charge on any atom is 0.0326 e. The highest BCUT2D eigenvalue weighted by atomic mass is 14.5. The van der Waals surface area contributed by atoms with E-state index < -0.39 is 0 Å². The highest BCUT2D eigenvalue weighted by Crippen LogP contribution is 2.34. The van der Waals surface area contributed by atoms with Gasteiger partial charge in [-0.25, -0.2) is 0 Å². The van der Waals surface area contributed by atoms with Crippen LogP contribution in [-0.4, -0.2) is 0 Å². The molecule has 2 N–H and O–H groups in total. The van der Waals surface area contributed by atoms with Crippen LogP contribution < -0.4 is 5.73 Å². The number of rotatable bonds is 2. The topological polar surface area (TPSA) is 26.0 Å². The first-order valence-corrected chi connectivity index (χ1v) is 8.41. The second-order valence-corrected chi connectivity index (χ2v) is 6.81. The molecule has 0 aromatic heterocycles. The molecule has 1 nitrogen and oxygen atoms in total. The van der Waals surface area contributed by atoms with Crippen LogP contribution in [0.3, 0.4) is 0 Å². The maximum atomic E-state index is 6.20. The van der Waals surface area contributed by atoms with E-state index in [0.29, 0.717) is 0 Å². The van der Waals surface area contributed by atoms with Crippen LogP contribution in [0.2, 0.25) is 0 Å². The molecule has 0 saturated heterocycles. The molecule has 0 aliphatic heterocycles. The van der Waals surface area contributed by atoms with Gasteiger partial charge >= 0.3 is 0 Å². The smallest absolute Gasteiger partial charge is 0.0326 e. The van der Waals surface area contributed by atoms with Gasteiger partial charge in [-0.05, 0) is 88.4 Å². The predicted molar refractivity (Wildman–Crippen MR) is 96.5 cm³/mol. The van der Waals surface area contributed by atoms with E-state index in [1.807, 2.05) is 0 Å². The fourth-order valence-electron chi connectivity index (χ4n) is 3.73. The van der Waals surface area contributed by atoms with Gasteiger partial charge in [-0.2, -0.15) is 0 Å². The van der Waals surface area contributed by atoms with E-state index in [-0.39, 0.29) is 0 Å². The number of hydrogen-bond acceptors (Lipinski definition) is 1. The number of fused-ring (bicyclic) bond motifs is 2. The summed E-state index contributed by atoms with van der Waals surface area (Å²) in [6, 6.07) is 20.1. The minimum Gasteiger partial charge on any atom is -0.399 e. The quantitative estimate of drug-likeness (QED) is 0.676. The number of nitrogen functional groups attached to an aromatic ring is 1. The molecular formula is C22H19N. The van der Waals surface area contributed by atoms with Gasteiger partial charge in [0.25, 0.3) is 0 Å². The first-order valence-electron chi connectivity index (χ1n) is 8.41. The Morgan fingerprint density at radius 1 is 0.478 bits per heavy atom. The number of benzene rings is 3. The highest BCUT2D eigenvalue weighted by Gasteiger charge is 2.15. The molecule has 0 heterocycles. The summed E-state index contributed by atoms with van der Waals surface area (Å²) < 4.78 is 0. The number of nitrogens with two attached hydrogens (primary N) is 1. The molecule has 0 spiro atoms. The minimum absolute atomic E-state index is 0.836. The molecule has 3 aromatic rings. The van der Waals surface area contributed by atoms with Crippen molar-refractivity contribution in [3.05, 3.63) is 76.9 Å². The Bertz CT molecular complexity index is 863. The Kier molecular flexibility index (Phi) is 2.66. The Balaban J connectivity index is 1.61. The summed E-state index contributed by atoms with van der Waals surface area (Å²) in [4.78, 5) is 0. The van der Waals surface area contributed by atoms with Crippen LogP contribution in [0.1, 0.15) is 22.3 Å². The summed E-state index contributed by atoms with van der Waals surface area (Å²) in [6.45, 7) is 0. The summed E-state index contributed by atoms with van der Waals surface area (Å²) in [5.74, 6) is 0. The Hall–Kier alpha value is -2.54. The lowest BCUT2D eigenvalue weighted by Gasteiger charge is -2.21. The first-order chi connectivity index (χ1) is 11.3. The Morgan fingerprint density at radius 3 is 1.35 bits per heavy atom. The maximum absolute atomic E-state index is 6.20. The van der Waals surface area contributed by atoms with Crippen molar-refractivity contribution in [2.24, 2.45) is 0 Å². The summed E-state index contributed by atoms with van der Waals surface area (Å²) in [5.41, 5.74) is 18.0. The molecule has 0 fully saturated rings. The van der Waals surface area contributed by atoms with Crippen LogP contribution in [0, 0.1) is 0 Å². The average molecular weight is 297 g/mol. The van der Waals surface area contributed by atoms with Gasteiger partial charge in [0.05, 0.1) is 0 Å². The van der Waals surface area contributed by atoms with Gasteiger partial charge < -0.3 is 5.73 Å². The lowest BCUT2D eigenvalue weighted by molar-refractivity contribution is 0.840. The fourth-order valence-corrected chi connectivity index (χ4v) is 3.73.